The summed E-state index contributed by atoms with van der Waals surface area (Å²) in [6, 6.07) is 8.66. The maximum absolute atomic E-state index is 4.28. The van der Waals surface area contributed by atoms with Gasteiger partial charge in [-0.1, -0.05) is 28.1 Å². The lowest BCUT2D eigenvalue weighted by atomic mass is 9.96. The molecule has 1 fully saturated rings. The Balaban J connectivity index is 0.00000220. The van der Waals surface area contributed by atoms with E-state index in [9.17, 15) is 0 Å². The first-order valence-electron chi connectivity index (χ1n) is 6.90. The van der Waals surface area contributed by atoms with Crippen LogP contribution in [0.4, 0.5) is 0 Å². The molecule has 21 heavy (non-hydrogen) atoms. The molecule has 2 N–H and O–H groups in total. The number of thioether (sulfide) groups is 1. The molecule has 0 radical (unpaired) electrons. The largest absolute Gasteiger partial charge is 0.356 e. The fraction of sp³-hybridized carbons (Fsp3) is 0.533. The third-order valence-electron chi connectivity index (χ3n) is 3.71. The Morgan fingerprint density at radius 3 is 2.71 bits per heavy atom. The molecular formula is C15H23BrIN3S. The molecule has 0 spiro atoms. The summed E-state index contributed by atoms with van der Waals surface area (Å²) in [5.74, 6) is 2.00. The minimum absolute atomic E-state index is 0. The Kier molecular flexibility index (Phi) is 8.41. The van der Waals surface area contributed by atoms with Crippen molar-refractivity contribution in [2.24, 2.45) is 4.99 Å². The van der Waals surface area contributed by atoms with Gasteiger partial charge >= 0.3 is 0 Å². The first kappa shape index (κ1) is 19.1. The topological polar surface area (TPSA) is 36.4 Å². The van der Waals surface area contributed by atoms with E-state index in [0.29, 0.717) is 5.41 Å². The predicted molar refractivity (Wildman–Crippen MR) is 108 cm³/mol. The number of nitrogens with one attached hydrogen (secondary N) is 2. The van der Waals surface area contributed by atoms with Gasteiger partial charge < -0.3 is 10.6 Å². The fourth-order valence-electron chi connectivity index (χ4n) is 2.28. The number of rotatable bonds is 6. The van der Waals surface area contributed by atoms with Gasteiger partial charge in [-0.2, -0.15) is 11.8 Å². The van der Waals surface area contributed by atoms with E-state index in [2.05, 4.69) is 62.1 Å². The van der Waals surface area contributed by atoms with Gasteiger partial charge in [-0.3, -0.25) is 4.99 Å². The van der Waals surface area contributed by atoms with Crippen molar-refractivity contribution in [2.75, 3.05) is 32.1 Å². The van der Waals surface area contributed by atoms with Gasteiger partial charge in [0.25, 0.3) is 0 Å². The van der Waals surface area contributed by atoms with E-state index in [4.69, 9.17) is 0 Å². The maximum atomic E-state index is 4.28. The van der Waals surface area contributed by atoms with Crippen molar-refractivity contribution in [2.45, 2.75) is 18.3 Å². The standard InChI is InChI=1S/C15H22BrN3S.HI/c1-17-14(18-8-9-20-2)19-11-15(6-7-15)12-4-3-5-13(16)10-12;/h3-5,10H,6-9,11H2,1-2H3,(H2,17,18,19);1H. The number of guanidine groups is 1. The van der Waals surface area contributed by atoms with Crippen LogP contribution in [0.3, 0.4) is 0 Å². The molecule has 0 heterocycles. The first-order valence-corrected chi connectivity index (χ1v) is 9.08. The second kappa shape index (κ2) is 9.25. The number of aliphatic imine (C=N–C) groups is 1. The van der Waals surface area contributed by atoms with Crippen LogP contribution in [-0.2, 0) is 5.41 Å². The van der Waals surface area contributed by atoms with Crippen LogP contribution in [0.1, 0.15) is 18.4 Å². The third kappa shape index (κ3) is 5.63. The van der Waals surface area contributed by atoms with Crippen LogP contribution < -0.4 is 10.6 Å². The van der Waals surface area contributed by atoms with Crippen molar-refractivity contribution in [3.05, 3.63) is 34.3 Å². The van der Waals surface area contributed by atoms with E-state index in [-0.39, 0.29) is 24.0 Å². The van der Waals surface area contributed by atoms with Gasteiger partial charge in [0.1, 0.15) is 0 Å². The van der Waals surface area contributed by atoms with Gasteiger partial charge in [-0.15, -0.1) is 24.0 Å². The van der Waals surface area contributed by atoms with E-state index in [1.54, 1.807) is 0 Å². The molecule has 6 heteroatoms. The number of hydrogen-bond acceptors (Lipinski definition) is 2. The van der Waals surface area contributed by atoms with Crippen LogP contribution in [0.25, 0.3) is 0 Å². The molecule has 0 amide bonds. The monoisotopic (exact) mass is 483 g/mol. The minimum atomic E-state index is 0. The number of nitrogens with zero attached hydrogens (tertiary/aromatic N) is 1. The van der Waals surface area contributed by atoms with Gasteiger partial charge in [0.05, 0.1) is 0 Å². The highest BCUT2D eigenvalue weighted by molar-refractivity contribution is 14.0. The van der Waals surface area contributed by atoms with Crippen LogP contribution >= 0.6 is 51.7 Å². The molecule has 1 saturated carbocycles. The van der Waals surface area contributed by atoms with Crippen molar-refractivity contribution in [3.63, 3.8) is 0 Å². The molecule has 0 aliphatic heterocycles. The number of hydrogen-bond donors (Lipinski definition) is 2. The van der Waals surface area contributed by atoms with E-state index < -0.39 is 0 Å². The summed E-state index contributed by atoms with van der Waals surface area (Å²) in [7, 11) is 1.83. The van der Waals surface area contributed by atoms with Crippen LogP contribution in [0, 0.1) is 0 Å². The predicted octanol–water partition coefficient (Wildman–Crippen LogP) is 3.63. The first-order chi connectivity index (χ1) is 9.70. The molecule has 1 aromatic carbocycles. The Morgan fingerprint density at radius 1 is 1.38 bits per heavy atom. The summed E-state index contributed by atoms with van der Waals surface area (Å²) in [6.45, 7) is 1.90. The second-order valence-electron chi connectivity index (χ2n) is 5.14. The summed E-state index contributed by atoms with van der Waals surface area (Å²) in [6.07, 6.45) is 4.61. The van der Waals surface area contributed by atoms with Gasteiger partial charge in [0, 0.05) is 35.8 Å². The molecule has 3 nitrogen and oxygen atoms in total. The quantitative estimate of drug-likeness (QED) is 0.281. The molecular weight excluding hydrogens is 461 g/mol. The summed E-state index contributed by atoms with van der Waals surface area (Å²) in [5, 5.41) is 6.81. The fourth-order valence-corrected chi connectivity index (χ4v) is 2.99. The van der Waals surface area contributed by atoms with Gasteiger partial charge in [-0.05, 0) is 36.8 Å². The summed E-state index contributed by atoms with van der Waals surface area (Å²) in [4.78, 5) is 4.28. The van der Waals surface area contributed by atoms with Gasteiger partial charge in [0.15, 0.2) is 5.96 Å². The number of benzene rings is 1. The lowest BCUT2D eigenvalue weighted by Gasteiger charge is -2.19. The Hall–Kier alpha value is 0.0500. The van der Waals surface area contributed by atoms with Crippen molar-refractivity contribution >= 4 is 57.6 Å². The lowest BCUT2D eigenvalue weighted by Crippen LogP contribution is -2.42. The zero-order chi connectivity index (χ0) is 14.4. The Morgan fingerprint density at radius 2 is 2.14 bits per heavy atom. The van der Waals surface area contributed by atoms with Gasteiger partial charge in [0.2, 0.25) is 0 Å². The van der Waals surface area contributed by atoms with E-state index >= 15 is 0 Å². The van der Waals surface area contributed by atoms with Gasteiger partial charge in [-0.25, -0.2) is 0 Å². The van der Waals surface area contributed by atoms with Crippen molar-refractivity contribution in [1.82, 2.24) is 10.6 Å². The van der Waals surface area contributed by atoms with Crippen LogP contribution in [0.5, 0.6) is 0 Å². The van der Waals surface area contributed by atoms with Crippen molar-refractivity contribution in [1.29, 1.82) is 0 Å². The minimum Gasteiger partial charge on any atom is -0.356 e. The highest BCUT2D eigenvalue weighted by Crippen LogP contribution is 2.48. The Bertz CT molecular complexity index is 478. The van der Waals surface area contributed by atoms with Crippen LogP contribution in [-0.4, -0.2) is 38.1 Å². The lowest BCUT2D eigenvalue weighted by molar-refractivity contribution is 0.647. The Labute approximate surface area is 157 Å². The summed E-state index contributed by atoms with van der Waals surface area (Å²) in [5.41, 5.74) is 1.71. The molecule has 1 aliphatic carbocycles. The molecule has 0 atom stereocenters. The van der Waals surface area contributed by atoms with Crippen molar-refractivity contribution in [3.8, 4) is 0 Å². The molecule has 0 saturated heterocycles. The average molecular weight is 484 g/mol. The number of halogens is 2. The highest BCUT2D eigenvalue weighted by Gasteiger charge is 2.44. The maximum Gasteiger partial charge on any atom is 0.191 e. The summed E-state index contributed by atoms with van der Waals surface area (Å²) >= 11 is 5.40. The molecule has 0 unspecified atom stereocenters. The highest BCUT2D eigenvalue weighted by atomic mass is 127. The van der Waals surface area contributed by atoms with Crippen LogP contribution in [0.2, 0.25) is 0 Å². The van der Waals surface area contributed by atoms with E-state index in [0.717, 1.165) is 29.3 Å². The molecule has 1 aliphatic rings. The molecule has 0 aromatic heterocycles. The molecule has 2 rings (SSSR count). The molecule has 1 aromatic rings. The zero-order valence-electron chi connectivity index (χ0n) is 12.5. The smallest absolute Gasteiger partial charge is 0.191 e. The SMILES string of the molecule is CN=C(NCCSC)NCC1(c2cccc(Br)c2)CC1.I. The molecule has 0 bridgehead atoms. The normalized spacial score (nSPS) is 16.0. The van der Waals surface area contributed by atoms with E-state index in [1.165, 1.54) is 18.4 Å². The molecule has 118 valence electrons. The third-order valence-corrected chi connectivity index (χ3v) is 4.81. The summed E-state index contributed by atoms with van der Waals surface area (Å²) < 4.78 is 1.16. The van der Waals surface area contributed by atoms with Crippen molar-refractivity contribution < 1.29 is 0 Å². The zero-order valence-corrected chi connectivity index (χ0v) is 17.2. The average Bonchev–Trinajstić information content (AvgIpc) is 3.24. The second-order valence-corrected chi connectivity index (χ2v) is 7.04. The van der Waals surface area contributed by atoms with E-state index in [1.807, 2.05) is 18.8 Å². The van der Waals surface area contributed by atoms with Crippen LogP contribution in [0.15, 0.2) is 33.7 Å².